The number of carbonyl (C=O) groups is 1. The van der Waals surface area contributed by atoms with Crippen LogP contribution in [-0.2, 0) is 0 Å². The fourth-order valence-electron chi connectivity index (χ4n) is 2.62. The van der Waals surface area contributed by atoms with Gasteiger partial charge in [-0.1, -0.05) is 36.9 Å². The number of anilines is 1. The number of amides is 1. The average Bonchev–Trinajstić information content (AvgIpc) is 3.24. The lowest BCUT2D eigenvalue weighted by molar-refractivity contribution is 0.102. The van der Waals surface area contributed by atoms with Crippen LogP contribution in [0.4, 0.5) is 5.13 Å². The largest absolute Gasteiger partial charge is 0.298 e. The average molecular weight is 432 g/mol. The van der Waals surface area contributed by atoms with Crippen molar-refractivity contribution in [2.75, 3.05) is 11.6 Å². The topological polar surface area (TPSA) is 54.9 Å². The number of aromatic nitrogens is 2. The van der Waals surface area contributed by atoms with Gasteiger partial charge in [0.1, 0.15) is 0 Å². The third kappa shape index (κ3) is 3.99. The Morgan fingerprint density at radius 3 is 2.33 bits per heavy atom. The van der Waals surface area contributed by atoms with Gasteiger partial charge in [-0.2, -0.15) is 0 Å². The Hall–Kier alpha value is -1.61. The number of hydrogen-bond acceptors (Lipinski definition) is 7. The number of thioether (sulfide) groups is 2. The summed E-state index contributed by atoms with van der Waals surface area (Å²) in [5, 5.41) is 4.06. The maximum absolute atomic E-state index is 12.6. The Morgan fingerprint density at radius 2 is 1.67 bits per heavy atom. The molecule has 0 fully saturated rings. The molecule has 0 aliphatic heterocycles. The first-order chi connectivity index (χ1) is 13.0. The number of benzene rings is 2. The number of nitrogens with one attached hydrogen (secondary N) is 1. The van der Waals surface area contributed by atoms with E-state index in [0.717, 1.165) is 24.8 Å². The molecule has 2 aromatic carbocycles. The van der Waals surface area contributed by atoms with Crippen LogP contribution in [0.15, 0.2) is 45.6 Å². The molecule has 1 amide bonds. The number of thiazole rings is 2. The van der Waals surface area contributed by atoms with Crippen molar-refractivity contribution in [1.29, 1.82) is 0 Å². The molecule has 0 spiro atoms. The first-order valence-corrected chi connectivity index (χ1v) is 12.1. The van der Waals surface area contributed by atoms with Crippen LogP contribution in [0, 0.1) is 0 Å². The molecular weight excluding hydrogens is 414 g/mol. The molecule has 4 rings (SSSR count). The fraction of sp³-hybridized carbons (Fsp3) is 0.211. The zero-order valence-electron chi connectivity index (χ0n) is 15.0. The lowest BCUT2D eigenvalue weighted by atomic mass is 10.2. The molecule has 0 saturated heterocycles. The minimum Gasteiger partial charge on any atom is -0.298 e. The van der Waals surface area contributed by atoms with Crippen LogP contribution in [-0.4, -0.2) is 27.4 Å². The molecule has 8 heteroatoms. The summed E-state index contributed by atoms with van der Waals surface area (Å²) in [6.07, 6.45) is 2.03. The first-order valence-electron chi connectivity index (χ1n) is 8.35. The zero-order valence-corrected chi connectivity index (χ0v) is 18.2. The van der Waals surface area contributed by atoms with E-state index in [1.807, 2.05) is 42.7 Å². The lowest BCUT2D eigenvalue weighted by Gasteiger charge is -2.06. The van der Waals surface area contributed by atoms with Crippen LogP contribution in [0.2, 0.25) is 0 Å². The highest BCUT2D eigenvalue weighted by atomic mass is 32.2. The van der Waals surface area contributed by atoms with Crippen molar-refractivity contribution in [3.8, 4) is 0 Å². The highest BCUT2D eigenvalue weighted by molar-refractivity contribution is 8.00. The number of rotatable bonds is 5. The Bertz CT molecular complexity index is 1120. The van der Waals surface area contributed by atoms with E-state index in [1.165, 1.54) is 16.2 Å². The molecular formula is C19H17N3OS4. The molecule has 0 unspecified atom stereocenters. The second-order valence-electron chi connectivity index (χ2n) is 6.11. The summed E-state index contributed by atoms with van der Waals surface area (Å²) in [5.41, 5.74) is 2.51. The van der Waals surface area contributed by atoms with E-state index in [1.54, 1.807) is 34.9 Å². The Kier molecular flexibility index (Phi) is 5.41. The molecule has 4 nitrogen and oxygen atoms in total. The van der Waals surface area contributed by atoms with Gasteiger partial charge in [0.15, 0.2) is 9.47 Å². The van der Waals surface area contributed by atoms with Gasteiger partial charge in [0.05, 0.1) is 20.4 Å². The molecule has 0 radical (unpaired) electrons. The number of hydrogen-bond donors (Lipinski definition) is 1. The monoisotopic (exact) mass is 431 g/mol. The molecule has 2 aromatic heterocycles. The van der Waals surface area contributed by atoms with Crippen molar-refractivity contribution in [3.63, 3.8) is 0 Å². The third-order valence-electron chi connectivity index (χ3n) is 3.78. The van der Waals surface area contributed by atoms with E-state index in [4.69, 9.17) is 0 Å². The van der Waals surface area contributed by atoms with Gasteiger partial charge < -0.3 is 0 Å². The molecule has 0 saturated carbocycles. The van der Waals surface area contributed by atoms with Gasteiger partial charge in [-0.3, -0.25) is 10.1 Å². The minimum atomic E-state index is -0.138. The summed E-state index contributed by atoms with van der Waals surface area (Å²) in [4.78, 5) is 22.9. The normalized spacial score (nSPS) is 11.6. The molecule has 4 aromatic rings. The lowest BCUT2D eigenvalue weighted by Crippen LogP contribution is -2.11. The fourth-order valence-corrected chi connectivity index (χ4v) is 6.11. The summed E-state index contributed by atoms with van der Waals surface area (Å²) in [6.45, 7) is 4.31. The predicted octanol–water partition coefficient (Wildman–Crippen LogP) is 6.38. The summed E-state index contributed by atoms with van der Waals surface area (Å²) in [6, 6.07) is 11.7. The van der Waals surface area contributed by atoms with Crippen molar-refractivity contribution in [3.05, 3.63) is 42.0 Å². The second-order valence-corrected chi connectivity index (χ2v) is 10.8. The van der Waals surface area contributed by atoms with Gasteiger partial charge in [-0.15, -0.1) is 23.1 Å². The van der Waals surface area contributed by atoms with E-state index < -0.39 is 0 Å². The van der Waals surface area contributed by atoms with Gasteiger partial charge in [-0.05, 0) is 42.7 Å². The summed E-state index contributed by atoms with van der Waals surface area (Å²) in [7, 11) is 0. The van der Waals surface area contributed by atoms with E-state index in [-0.39, 0.29) is 5.91 Å². The molecule has 0 aliphatic rings. The van der Waals surface area contributed by atoms with Gasteiger partial charge >= 0.3 is 0 Å². The molecule has 1 N–H and O–H groups in total. The highest BCUT2D eigenvalue weighted by Gasteiger charge is 2.14. The van der Waals surface area contributed by atoms with Crippen LogP contribution in [0.5, 0.6) is 0 Å². The Morgan fingerprint density at radius 1 is 1.00 bits per heavy atom. The maximum atomic E-state index is 12.6. The van der Waals surface area contributed by atoms with Crippen molar-refractivity contribution >= 4 is 77.7 Å². The maximum Gasteiger partial charge on any atom is 0.257 e. The Balaban J connectivity index is 1.58. The molecule has 2 heterocycles. The summed E-state index contributed by atoms with van der Waals surface area (Å²) in [5.74, 6) is -0.138. The Labute approximate surface area is 173 Å². The highest BCUT2D eigenvalue weighted by Crippen LogP contribution is 2.38. The number of nitrogens with zero attached hydrogens (tertiary/aromatic N) is 2. The predicted molar refractivity (Wildman–Crippen MR) is 120 cm³/mol. The second kappa shape index (κ2) is 7.79. The van der Waals surface area contributed by atoms with Crippen molar-refractivity contribution in [1.82, 2.24) is 9.97 Å². The number of fused-ring (bicyclic) bond motifs is 3. The van der Waals surface area contributed by atoms with Crippen LogP contribution in [0.1, 0.15) is 24.2 Å². The molecule has 0 aliphatic carbocycles. The summed E-state index contributed by atoms with van der Waals surface area (Å²) >= 11 is 6.59. The van der Waals surface area contributed by atoms with Crippen molar-refractivity contribution < 1.29 is 4.79 Å². The van der Waals surface area contributed by atoms with Crippen molar-refractivity contribution in [2.45, 2.75) is 28.3 Å². The third-order valence-corrected chi connectivity index (χ3v) is 8.00. The molecule has 138 valence electrons. The van der Waals surface area contributed by atoms with Crippen LogP contribution in [0.25, 0.3) is 20.4 Å². The molecule has 0 atom stereocenters. The minimum absolute atomic E-state index is 0.138. The van der Waals surface area contributed by atoms with Crippen molar-refractivity contribution in [2.24, 2.45) is 0 Å². The van der Waals surface area contributed by atoms with Gasteiger partial charge in [-0.25, -0.2) is 9.97 Å². The van der Waals surface area contributed by atoms with E-state index in [9.17, 15) is 4.79 Å². The smallest absolute Gasteiger partial charge is 0.257 e. The first kappa shape index (κ1) is 18.7. The quantitative estimate of drug-likeness (QED) is 0.372. The van der Waals surface area contributed by atoms with E-state index >= 15 is 0 Å². The van der Waals surface area contributed by atoms with Gasteiger partial charge in [0, 0.05) is 15.7 Å². The summed E-state index contributed by atoms with van der Waals surface area (Å²) < 4.78 is 3.24. The zero-order chi connectivity index (χ0) is 19.0. The van der Waals surface area contributed by atoms with E-state index in [2.05, 4.69) is 29.1 Å². The van der Waals surface area contributed by atoms with Crippen LogP contribution < -0.4 is 5.32 Å². The number of carbonyl (C=O) groups excluding carboxylic acids is 1. The molecule has 27 heavy (non-hydrogen) atoms. The van der Waals surface area contributed by atoms with Gasteiger partial charge in [0.25, 0.3) is 5.91 Å². The van der Waals surface area contributed by atoms with E-state index in [0.29, 0.717) is 15.9 Å². The molecule has 0 bridgehead atoms. The van der Waals surface area contributed by atoms with Crippen LogP contribution in [0.3, 0.4) is 0 Å². The SMILES string of the molecule is CSc1nc2ccc3nc(NC(=O)c4ccc(SC(C)C)cc4)sc3c2s1. The van der Waals surface area contributed by atoms with Crippen LogP contribution >= 0.6 is 46.2 Å². The van der Waals surface area contributed by atoms with Gasteiger partial charge in [0.2, 0.25) is 0 Å². The standard InChI is InChI=1S/C19H17N3OS4/c1-10(2)25-12-6-4-11(5-7-12)17(23)22-18-20-13-8-9-14-16(15(13)26-18)27-19(21-14)24-3/h4-10H,1-3H3,(H,20,22,23).